The number of sulfone groups is 1. The van der Waals surface area contributed by atoms with Gasteiger partial charge in [-0.2, -0.15) is 5.10 Å². The summed E-state index contributed by atoms with van der Waals surface area (Å²) in [5, 5.41) is 7.96. The molecule has 1 fully saturated rings. The van der Waals surface area contributed by atoms with Crippen molar-refractivity contribution in [1.29, 1.82) is 0 Å². The number of hydrogen-bond acceptors (Lipinski definition) is 6. The molecule has 1 saturated heterocycles. The molecule has 0 saturated carbocycles. The average molecular weight is 339 g/mol. The maximum atomic E-state index is 12.1. The van der Waals surface area contributed by atoms with Crippen LogP contribution < -0.4 is 5.32 Å². The highest BCUT2D eigenvalue weighted by Gasteiger charge is 2.37. The van der Waals surface area contributed by atoms with Gasteiger partial charge in [0.1, 0.15) is 11.5 Å². The molecule has 9 heteroatoms. The van der Waals surface area contributed by atoms with E-state index in [1.807, 2.05) is 0 Å². The highest BCUT2D eigenvalue weighted by Crippen LogP contribution is 2.22. The Morgan fingerprint density at radius 3 is 2.91 bits per heavy atom. The van der Waals surface area contributed by atoms with Crippen molar-refractivity contribution in [3.63, 3.8) is 0 Å². The number of carbonyl (C=O) groups excluding carboxylic acids is 2. The third-order valence-corrected chi connectivity index (χ3v) is 5.63. The first-order chi connectivity index (χ1) is 10.9. The van der Waals surface area contributed by atoms with Crippen molar-refractivity contribution < 1.29 is 22.4 Å². The number of nitrogens with one attached hydrogen (secondary N) is 1. The SMILES string of the molecule is O=C(NCc1ccco1)C1=NN(C2CCS(=O)(=O)C2)C(=O)CC1. The highest BCUT2D eigenvalue weighted by molar-refractivity contribution is 7.91. The quantitative estimate of drug-likeness (QED) is 0.834. The molecule has 0 bridgehead atoms. The molecule has 1 N–H and O–H groups in total. The van der Waals surface area contributed by atoms with Crippen molar-refractivity contribution in [2.45, 2.75) is 31.8 Å². The largest absolute Gasteiger partial charge is 0.467 e. The number of rotatable bonds is 4. The molecule has 2 amide bonds. The molecule has 0 aliphatic carbocycles. The van der Waals surface area contributed by atoms with Gasteiger partial charge >= 0.3 is 0 Å². The summed E-state index contributed by atoms with van der Waals surface area (Å²) in [5.41, 5.74) is 0.237. The summed E-state index contributed by atoms with van der Waals surface area (Å²) >= 11 is 0. The van der Waals surface area contributed by atoms with Gasteiger partial charge in [-0.25, -0.2) is 13.4 Å². The summed E-state index contributed by atoms with van der Waals surface area (Å²) in [4.78, 5) is 24.1. The van der Waals surface area contributed by atoms with Gasteiger partial charge in [-0.3, -0.25) is 9.59 Å². The third kappa shape index (κ3) is 3.61. The van der Waals surface area contributed by atoms with Crippen molar-refractivity contribution in [3.05, 3.63) is 24.2 Å². The molecule has 3 heterocycles. The number of hydrazone groups is 1. The molecule has 1 unspecified atom stereocenters. The van der Waals surface area contributed by atoms with Crippen LogP contribution in [0.15, 0.2) is 27.9 Å². The lowest BCUT2D eigenvalue weighted by Gasteiger charge is -2.27. The van der Waals surface area contributed by atoms with Gasteiger partial charge in [-0.05, 0) is 18.6 Å². The molecule has 124 valence electrons. The Bertz CT molecular complexity index is 738. The third-order valence-electron chi connectivity index (χ3n) is 3.88. The van der Waals surface area contributed by atoms with Crippen LogP contribution in [-0.4, -0.2) is 48.5 Å². The number of carbonyl (C=O) groups is 2. The summed E-state index contributed by atoms with van der Waals surface area (Å²) in [6.07, 6.45) is 2.28. The molecule has 8 nitrogen and oxygen atoms in total. The van der Waals surface area contributed by atoms with E-state index in [0.29, 0.717) is 12.2 Å². The zero-order valence-electron chi connectivity index (χ0n) is 12.4. The minimum atomic E-state index is -3.12. The lowest BCUT2D eigenvalue weighted by molar-refractivity contribution is -0.133. The molecular formula is C14H17N3O5S. The number of furan rings is 1. The van der Waals surface area contributed by atoms with Gasteiger partial charge in [0, 0.05) is 12.8 Å². The van der Waals surface area contributed by atoms with Crippen molar-refractivity contribution in [3.8, 4) is 0 Å². The van der Waals surface area contributed by atoms with Crippen LogP contribution in [0.4, 0.5) is 0 Å². The maximum Gasteiger partial charge on any atom is 0.267 e. The van der Waals surface area contributed by atoms with Gasteiger partial charge in [-0.1, -0.05) is 0 Å². The standard InChI is InChI=1S/C14H17N3O5S/c18-13-4-3-12(14(19)15-8-11-2-1-6-22-11)16-17(13)10-5-7-23(20,21)9-10/h1-2,6,10H,3-5,7-9H2,(H,15,19). The van der Waals surface area contributed by atoms with Crippen molar-refractivity contribution in [2.24, 2.45) is 5.10 Å². The van der Waals surface area contributed by atoms with Gasteiger partial charge in [-0.15, -0.1) is 0 Å². The fourth-order valence-corrected chi connectivity index (χ4v) is 4.36. The molecule has 2 aliphatic heterocycles. The van der Waals surface area contributed by atoms with E-state index in [1.165, 1.54) is 11.3 Å². The molecule has 1 aromatic heterocycles. The second-order valence-electron chi connectivity index (χ2n) is 5.60. The van der Waals surface area contributed by atoms with Crippen LogP contribution in [0.25, 0.3) is 0 Å². The van der Waals surface area contributed by atoms with Crippen LogP contribution >= 0.6 is 0 Å². The van der Waals surface area contributed by atoms with Crippen LogP contribution in [0.1, 0.15) is 25.0 Å². The molecule has 23 heavy (non-hydrogen) atoms. The Morgan fingerprint density at radius 1 is 1.43 bits per heavy atom. The van der Waals surface area contributed by atoms with E-state index in [4.69, 9.17) is 4.42 Å². The van der Waals surface area contributed by atoms with E-state index < -0.39 is 15.9 Å². The highest BCUT2D eigenvalue weighted by atomic mass is 32.2. The van der Waals surface area contributed by atoms with E-state index in [9.17, 15) is 18.0 Å². The van der Waals surface area contributed by atoms with Gasteiger partial charge in [0.05, 0.1) is 30.4 Å². The van der Waals surface area contributed by atoms with Crippen molar-refractivity contribution in [2.75, 3.05) is 11.5 Å². The first-order valence-corrected chi connectivity index (χ1v) is 9.17. The predicted molar refractivity (Wildman–Crippen MR) is 81.1 cm³/mol. The molecule has 0 radical (unpaired) electrons. The fourth-order valence-electron chi connectivity index (χ4n) is 2.67. The van der Waals surface area contributed by atoms with E-state index >= 15 is 0 Å². The molecule has 1 atom stereocenters. The summed E-state index contributed by atoms with van der Waals surface area (Å²) in [6.45, 7) is 0.233. The zero-order chi connectivity index (χ0) is 16.4. The Labute approximate surface area is 133 Å². The number of amides is 2. The Morgan fingerprint density at radius 2 is 2.26 bits per heavy atom. The van der Waals surface area contributed by atoms with E-state index in [0.717, 1.165) is 0 Å². The fraction of sp³-hybridized carbons (Fsp3) is 0.500. The minimum Gasteiger partial charge on any atom is -0.467 e. The molecule has 0 spiro atoms. The molecule has 2 aliphatic rings. The van der Waals surface area contributed by atoms with Gasteiger partial charge in [0.15, 0.2) is 9.84 Å². The zero-order valence-corrected chi connectivity index (χ0v) is 13.2. The Balaban J connectivity index is 1.68. The Kier molecular flexibility index (Phi) is 4.20. The Hall–Kier alpha value is -2.16. The molecule has 0 aromatic carbocycles. The van der Waals surface area contributed by atoms with E-state index in [-0.39, 0.29) is 48.4 Å². The topological polar surface area (TPSA) is 109 Å². The minimum absolute atomic E-state index is 0.0526. The van der Waals surface area contributed by atoms with Gasteiger partial charge in [0.2, 0.25) is 5.91 Å². The van der Waals surface area contributed by atoms with Gasteiger partial charge in [0.25, 0.3) is 5.91 Å². The van der Waals surface area contributed by atoms with Gasteiger partial charge < -0.3 is 9.73 Å². The van der Waals surface area contributed by atoms with Crippen LogP contribution in [0.3, 0.4) is 0 Å². The monoisotopic (exact) mass is 339 g/mol. The first kappa shape index (κ1) is 15.7. The van der Waals surface area contributed by atoms with Crippen LogP contribution in [0, 0.1) is 0 Å². The number of nitrogens with zero attached hydrogens (tertiary/aromatic N) is 2. The second kappa shape index (κ2) is 6.15. The summed E-state index contributed by atoms with van der Waals surface area (Å²) < 4.78 is 28.3. The smallest absolute Gasteiger partial charge is 0.267 e. The van der Waals surface area contributed by atoms with E-state index in [2.05, 4.69) is 10.4 Å². The van der Waals surface area contributed by atoms with E-state index in [1.54, 1.807) is 12.1 Å². The first-order valence-electron chi connectivity index (χ1n) is 7.35. The predicted octanol–water partition coefficient (Wildman–Crippen LogP) is 0.0613. The molecule has 3 rings (SSSR count). The number of hydrogen-bond donors (Lipinski definition) is 1. The van der Waals surface area contributed by atoms with Crippen LogP contribution in [0.5, 0.6) is 0 Å². The van der Waals surface area contributed by atoms with Crippen LogP contribution in [0.2, 0.25) is 0 Å². The summed E-state index contributed by atoms with van der Waals surface area (Å²) in [6, 6.07) is 2.99. The lowest BCUT2D eigenvalue weighted by Crippen LogP contribution is -2.43. The van der Waals surface area contributed by atoms with Crippen LogP contribution in [-0.2, 0) is 26.0 Å². The van der Waals surface area contributed by atoms with Crippen molar-refractivity contribution >= 4 is 27.4 Å². The maximum absolute atomic E-state index is 12.1. The average Bonchev–Trinajstić information content (AvgIpc) is 3.14. The second-order valence-corrected chi connectivity index (χ2v) is 7.83. The molecule has 1 aromatic rings. The summed E-state index contributed by atoms with van der Waals surface area (Å²) in [5.74, 6) is -0.0421. The molecular weight excluding hydrogens is 322 g/mol. The van der Waals surface area contributed by atoms with Crippen molar-refractivity contribution in [1.82, 2.24) is 10.3 Å². The summed E-state index contributed by atoms with van der Waals surface area (Å²) in [7, 11) is -3.12. The lowest BCUT2D eigenvalue weighted by atomic mass is 10.1. The normalized spacial score (nSPS) is 23.7.